The van der Waals surface area contributed by atoms with Gasteiger partial charge in [0.15, 0.2) is 5.03 Å². The smallest absolute Gasteiger partial charge is 0.262 e. The van der Waals surface area contributed by atoms with Crippen LogP contribution >= 0.6 is 0 Å². The third kappa shape index (κ3) is 3.59. The zero-order valence-corrected chi connectivity index (χ0v) is 18.6. The van der Waals surface area contributed by atoms with Crippen LogP contribution in [0.5, 0.6) is 0 Å². The van der Waals surface area contributed by atoms with Gasteiger partial charge in [-0.15, -0.1) is 0 Å². The second-order valence-corrected chi connectivity index (χ2v) is 10.7. The second-order valence-electron chi connectivity index (χ2n) is 8.87. The SMILES string of the molecule is CC(C)n1cnc(S(=O)(=O)N2CCCC2c2nc3ccccc3c(=O)n2CC2CC2)c1. The quantitative estimate of drug-likeness (QED) is 0.586. The highest BCUT2D eigenvalue weighted by Gasteiger charge is 2.40. The first-order chi connectivity index (χ1) is 14.9. The van der Waals surface area contributed by atoms with E-state index in [1.54, 1.807) is 27.7 Å². The van der Waals surface area contributed by atoms with Crippen molar-refractivity contribution in [3.8, 4) is 0 Å². The summed E-state index contributed by atoms with van der Waals surface area (Å²) >= 11 is 0. The van der Waals surface area contributed by atoms with E-state index in [1.807, 2.05) is 32.0 Å². The molecule has 8 nitrogen and oxygen atoms in total. The van der Waals surface area contributed by atoms with Gasteiger partial charge in [-0.2, -0.15) is 4.31 Å². The Hall–Kier alpha value is -2.52. The van der Waals surface area contributed by atoms with Gasteiger partial charge < -0.3 is 4.57 Å². The molecular formula is C22H27N5O3S. The first-order valence-electron chi connectivity index (χ1n) is 10.9. The first-order valence-corrected chi connectivity index (χ1v) is 12.3. The predicted molar refractivity (Wildman–Crippen MR) is 117 cm³/mol. The average Bonchev–Trinajstić information content (AvgIpc) is 3.21. The Bertz CT molecular complexity index is 1290. The van der Waals surface area contributed by atoms with Crippen LogP contribution < -0.4 is 5.56 Å². The molecule has 3 heterocycles. The van der Waals surface area contributed by atoms with Crippen molar-refractivity contribution in [2.75, 3.05) is 6.54 Å². The highest BCUT2D eigenvalue weighted by Crippen LogP contribution is 2.37. The van der Waals surface area contributed by atoms with Gasteiger partial charge in [-0.05, 0) is 57.6 Å². The molecule has 1 saturated carbocycles. The lowest BCUT2D eigenvalue weighted by Crippen LogP contribution is -2.36. The molecule has 9 heteroatoms. The number of nitrogens with zero attached hydrogens (tertiary/aromatic N) is 5. The third-order valence-electron chi connectivity index (χ3n) is 6.28. The summed E-state index contributed by atoms with van der Waals surface area (Å²) in [5.74, 6) is 1.02. The molecule has 5 rings (SSSR count). The molecule has 2 aliphatic rings. The highest BCUT2D eigenvalue weighted by atomic mass is 32.2. The summed E-state index contributed by atoms with van der Waals surface area (Å²) in [5, 5.41) is 0.625. The van der Waals surface area contributed by atoms with Gasteiger partial charge in [-0.3, -0.25) is 9.36 Å². The van der Waals surface area contributed by atoms with E-state index in [9.17, 15) is 13.2 Å². The molecule has 0 spiro atoms. The molecule has 1 atom stereocenters. The van der Waals surface area contributed by atoms with Crippen molar-refractivity contribution in [3.05, 3.63) is 53.0 Å². The maximum Gasteiger partial charge on any atom is 0.262 e. The van der Waals surface area contributed by atoms with Gasteiger partial charge in [0.2, 0.25) is 0 Å². The number of imidazole rings is 1. The number of sulfonamides is 1. The van der Waals surface area contributed by atoms with Crippen LogP contribution in [0, 0.1) is 5.92 Å². The molecule has 0 bridgehead atoms. The molecular weight excluding hydrogens is 414 g/mol. The fraction of sp³-hybridized carbons (Fsp3) is 0.500. The Balaban J connectivity index is 1.60. The lowest BCUT2D eigenvalue weighted by Gasteiger charge is -2.25. The van der Waals surface area contributed by atoms with Crippen LogP contribution in [-0.4, -0.2) is 38.4 Å². The maximum absolute atomic E-state index is 13.5. The molecule has 3 aromatic rings. The van der Waals surface area contributed by atoms with Crippen molar-refractivity contribution in [2.24, 2.45) is 5.92 Å². The van der Waals surface area contributed by atoms with Crippen LogP contribution in [0.2, 0.25) is 0 Å². The lowest BCUT2D eigenvalue weighted by atomic mass is 10.1. The molecule has 1 unspecified atom stereocenters. The molecule has 2 aromatic heterocycles. The van der Waals surface area contributed by atoms with Crippen molar-refractivity contribution in [1.29, 1.82) is 0 Å². The van der Waals surface area contributed by atoms with Crippen molar-refractivity contribution in [1.82, 2.24) is 23.4 Å². The van der Waals surface area contributed by atoms with Gasteiger partial charge in [0.05, 0.1) is 23.3 Å². The zero-order chi connectivity index (χ0) is 21.8. The zero-order valence-electron chi connectivity index (χ0n) is 17.8. The number of rotatable bonds is 6. The minimum absolute atomic E-state index is 0.0463. The summed E-state index contributed by atoms with van der Waals surface area (Å²) < 4.78 is 32.0. The van der Waals surface area contributed by atoms with E-state index in [-0.39, 0.29) is 16.6 Å². The average molecular weight is 442 g/mol. The Morgan fingerprint density at radius 3 is 2.65 bits per heavy atom. The molecule has 1 aliphatic carbocycles. The molecule has 1 aromatic carbocycles. The van der Waals surface area contributed by atoms with E-state index < -0.39 is 16.1 Å². The Morgan fingerprint density at radius 2 is 1.94 bits per heavy atom. The van der Waals surface area contributed by atoms with E-state index >= 15 is 0 Å². The van der Waals surface area contributed by atoms with Gasteiger partial charge in [-0.1, -0.05) is 12.1 Å². The van der Waals surface area contributed by atoms with E-state index in [4.69, 9.17) is 4.98 Å². The number of aromatic nitrogens is 4. The van der Waals surface area contributed by atoms with Crippen LogP contribution in [0.15, 0.2) is 46.6 Å². The normalized spacial score (nSPS) is 20.2. The monoisotopic (exact) mass is 441 g/mol. The molecule has 0 N–H and O–H groups in total. The van der Waals surface area contributed by atoms with Crippen LogP contribution in [0.3, 0.4) is 0 Å². The number of fused-ring (bicyclic) bond motifs is 1. The summed E-state index contributed by atoms with van der Waals surface area (Å²) in [6.45, 7) is 4.95. The van der Waals surface area contributed by atoms with Gasteiger partial charge in [-0.25, -0.2) is 18.4 Å². The third-order valence-corrected chi connectivity index (χ3v) is 8.07. The van der Waals surface area contributed by atoms with Crippen LogP contribution in [0.1, 0.15) is 57.4 Å². The number of hydrogen-bond donors (Lipinski definition) is 0. The summed E-state index contributed by atoms with van der Waals surface area (Å²) in [6.07, 6.45) is 6.69. The fourth-order valence-electron chi connectivity index (χ4n) is 4.31. The topological polar surface area (TPSA) is 90.1 Å². The fourth-order valence-corrected chi connectivity index (χ4v) is 5.89. The summed E-state index contributed by atoms with van der Waals surface area (Å²) in [4.78, 5) is 22.3. The Morgan fingerprint density at radius 1 is 1.16 bits per heavy atom. The molecule has 0 radical (unpaired) electrons. The van der Waals surface area contributed by atoms with E-state index in [0.717, 1.165) is 19.3 Å². The van der Waals surface area contributed by atoms with Crippen molar-refractivity contribution in [3.63, 3.8) is 0 Å². The molecule has 164 valence electrons. The van der Waals surface area contributed by atoms with Gasteiger partial charge in [0.1, 0.15) is 5.82 Å². The number of benzene rings is 1. The predicted octanol–water partition coefficient (Wildman–Crippen LogP) is 3.11. The Kier molecular flexibility index (Phi) is 4.97. The standard InChI is InChI=1S/C22H27N5O3S/c1-15(2)25-13-20(23-14-25)31(29,30)27-11-5-8-19(27)21-24-18-7-4-3-6-17(18)22(28)26(21)12-16-9-10-16/h3-4,6-7,13-16,19H,5,8-12H2,1-2H3. The highest BCUT2D eigenvalue weighted by molar-refractivity contribution is 7.89. The maximum atomic E-state index is 13.5. The Labute approximate surface area is 181 Å². The largest absolute Gasteiger partial charge is 0.334 e. The van der Waals surface area contributed by atoms with E-state index in [0.29, 0.717) is 42.2 Å². The second kappa shape index (κ2) is 7.56. The van der Waals surface area contributed by atoms with Crippen molar-refractivity contribution >= 4 is 20.9 Å². The van der Waals surface area contributed by atoms with E-state index in [1.165, 1.54) is 4.31 Å². The molecule has 2 fully saturated rings. The molecule has 1 aliphatic heterocycles. The molecule has 1 saturated heterocycles. The number of para-hydroxylation sites is 1. The van der Waals surface area contributed by atoms with Crippen LogP contribution in [0.4, 0.5) is 0 Å². The summed E-state index contributed by atoms with van der Waals surface area (Å²) in [6, 6.07) is 6.95. The lowest BCUT2D eigenvalue weighted by molar-refractivity contribution is 0.364. The van der Waals surface area contributed by atoms with Gasteiger partial charge >= 0.3 is 0 Å². The van der Waals surface area contributed by atoms with Gasteiger partial charge in [0.25, 0.3) is 15.6 Å². The van der Waals surface area contributed by atoms with E-state index in [2.05, 4.69) is 4.98 Å². The summed E-state index contributed by atoms with van der Waals surface area (Å²) in [5.41, 5.74) is 0.531. The van der Waals surface area contributed by atoms with Crippen LogP contribution in [-0.2, 0) is 16.6 Å². The number of hydrogen-bond acceptors (Lipinski definition) is 5. The van der Waals surface area contributed by atoms with Crippen molar-refractivity contribution in [2.45, 2.75) is 63.2 Å². The van der Waals surface area contributed by atoms with Crippen LogP contribution in [0.25, 0.3) is 10.9 Å². The first kappa shape index (κ1) is 20.4. The molecule has 0 amide bonds. The summed E-state index contributed by atoms with van der Waals surface area (Å²) in [7, 11) is -3.80. The minimum atomic E-state index is -3.80. The van der Waals surface area contributed by atoms with Gasteiger partial charge in [0, 0.05) is 25.3 Å². The van der Waals surface area contributed by atoms with Crippen molar-refractivity contribution < 1.29 is 8.42 Å². The molecule has 31 heavy (non-hydrogen) atoms. The minimum Gasteiger partial charge on any atom is -0.334 e.